The number of hydrogen-bond acceptors (Lipinski definition) is 3. The van der Waals surface area contributed by atoms with E-state index in [1.165, 1.54) is 5.56 Å². The number of para-hydroxylation sites is 2. The van der Waals surface area contributed by atoms with Crippen LogP contribution in [-0.4, -0.2) is 32.0 Å². The van der Waals surface area contributed by atoms with Gasteiger partial charge < -0.3 is 20.1 Å². The molecule has 1 fully saturated rings. The smallest absolute Gasteiger partial charge is 0.226 e. The first-order valence-electron chi connectivity index (χ1n) is 12.1. The molecule has 1 aliphatic heterocycles. The zero-order valence-corrected chi connectivity index (χ0v) is 21.2. The van der Waals surface area contributed by atoms with E-state index in [2.05, 4.69) is 69.3 Å². The van der Waals surface area contributed by atoms with Gasteiger partial charge in [0.15, 0.2) is 5.11 Å². The summed E-state index contributed by atoms with van der Waals surface area (Å²) in [4.78, 5) is 19.5. The number of hydrogen-bond donors (Lipinski definition) is 2. The molecule has 2 aromatic heterocycles. The van der Waals surface area contributed by atoms with Crippen LogP contribution in [0.1, 0.15) is 41.1 Å². The van der Waals surface area contributed by atoms with E-state index in [4.69, 9.17) is 12.2 Å². The minimum absolute atomic E-state index is 0.0428. The fourth-order valence-corrected chi connectivity index (χ4v) is 5.35. The number of amides is 1. The Morgan fingerprint density at radius 2 is 1.69 bits per heavy atom. The van der Waals surface area contributed by atoms with Gasteiger partial charge in [0.2, 0.25) is 5.91 Å². The molecule has 0 saturated carbocycles. The minimum Gasteiger partial charge on any atom is -0.352 e. The first-order valence-corrected chi connectivity index (χ1v) is 12.5. The minimum atomic E-state index is -0.124. The molecule has 1 aliphatic rings. The van der Waals surface area contributed by atoms with E-state index < -0.39 is 0 Å². The van der Waals surface area contributed by atoms with Crippen molar-refractivity contribution in [3.8, 4) is 5.69 Å². The molecule has 36 heavy (non-hydrogen) atoms. The molecule has 2 N–H and O–H groups in total. The number of aromatic nitrogens is 2. The predicted octanol–water partition coefficient (Wildman–Crippen LogP) is 5.49. The lowest BCUT2D eigenvalue weighted by Gasteiger charge is -2.28. The zero-order valence-electron chi connectivity index (χ0n) is 20.4. The maximum absolute atomic E-state index is 12.8. The molecule has 4 aromatic rings. The van der Waals surface area contributed by atoms with Crippen molar-refractivity contribution in [1.29, 1.82) is 0 Å². The van der Waals surface area contributed by atoms with Gasteiger partial charge in [-0.2, -0.15) is 0 Å². The molecule has 0 radical (unpaired) electrons. The zero-order chi connectivity index (χ0) is 25.1. The van der Waals surface area contributed by atoms with Crippen molar-refractivity contribution in [3.05, 3.63) is 114 Å². The van der Waals surface area contributed by atoms with Crippen LogP contribution in [0.4, 0.5) is 5.69 Å². The molecule has 0 spiro atoms. The summed E-state index contributed by atoms with van der Waals surface area (Å²) in [6, 6.07) is 27.8. The second-order valence-corrected chi connectivity index (χ2v) is 9.37. The van der Waals surface area contributed by atoms with Gasteiger partial charge in [0.25, 0.3) is 0 Å². The van der Waals surface area contributed by atoms with E-state index in [1.807, 2.05) is 54.6 Å². The fraction of sp³-hybridized carbons (Fsp3) is 0.207. The maximum atomic E-state index is 12.8. The SMILES string of the molecule is Cc1cc([C@H]2[C@@H](c3ccccn3)NC(=S)N2CCC(=O)Nc2ccccc2)c(C)n1-c1ccccc1. The summed E-state index contributed by atoms with van der Waals surface area (Å²) in [6.45, 7) is 4.76. The Morgan fingerprint density at radius 1 is 1.00 bits per heavy atom. The number of carbonyl (C=O) groups excluding carboxylic acids is 1. The topological polar surface area (TPSA) is 62.2 Å². The molecular formula is C29H29N5OS. The molecule has 3 heterocycles. The second kappa shape index (κ2) is 10.3. The highest BCUT2D eigenvalue weighted by Crippen LogP contribution is 2.41. The summed E-state index contributed by atoms with van der Waals surface area (Å²) in [5.41, 5.74) is 6.30. The lowest BCUT2D eigenvalue weighted by molar-refractivity contribution is -0.116. The van der Waals surface area contributed by atoms with Crippen LogP contribution in [-0.2, 0) is 4.79 Å². The molecule has 2 atom stereocenters. The molecule has 1 amide bonds. The number of benzene rings is 2. The van der Waals surface area contributed by atoms with Crippen molar-refractivity contribution < 1.29 is 4.79 Å². The third-order valence-electron chi connectivity index (χ3n) is 6.64. The van der Waals surface area contributed by atoms with Crippen LogP contribution in [0.2, 0.25) is 0 Å². The Balaban J connectivity index is 1.47. The quantitative estimate of drug-likeness (QED) is 0.332. The number of nitrogens with zero attached hydrogens (tertiary/aromatic N) is 3. The first-order chi connectivity index (χ1) is 17.5. The highest BCUT2D eigenvalue weighted by molar-refractivity contribution is 7.80. The normalized spacial score (nSPS) is 17.2. The summed E-state index contributed by atoms with van der Waals surface area (Å²) < 4.78 is 2.27. The number of aryl methyl sites for hydroxylation is 1. The average molecular weight is 496 g/mol. The van der Waals surface area contributed by atoms with Gasteiger partial charge in [-0.3, -0.25) is 9.78 Å². The van der Waals surface area contributed by atoms with E-state index in [1.54, 1.807) is 6.20 Å². The third kappa shape index (κ3) is 4.75. The highest BCUT2D eigenvalue weighted by Gasteiger charge is 2.41. The lowest BCUT2D eigenvalue weighted by Crippen LogP contribution is -2.32. The van der Waals surface area contributed by atoms with Crippen LogP contribution in [0.3, 0.4) is 0 Å². The van der Waals surface area contributed by atoms with Crippen molar-refractivity contribution >= 4 is 28.9 Å². The molecule has 0 aliphatic carbocycles. The Bertz CT molecular complexity index is 1350. The van der Waals surface area contributed by atoms with Crippen molar-refractivity contribution in [2.75, 3.05) is 11.9 Å². The average Bonchev–Trinajstić information content (AvgIpc) is 3.38. The molecule has 0 bridgehead atoms. The predicted molar refractivity (Wildman–Crippen MR) is 147 cm³/mol. The fourth-order valence-electron chi connectivity index (χ4n) is 5.01. The molecule has 6 nitrogen and oxygen atoms in total. The van der Waals surface area contributed by atoms with Gasteiger partial charge in [-0.05, 0) is 74.1 Å². The molecule has 182 valence electrons. The number of nitrogens with one attached hydrogen (secondary N) is 2. The van der Waals surface area contributed by atoms with E-state index in [0.717, 1.165) is 28.5 Å². The lowest BCUT2D eigenvalue weighted by atomic mass is 9.96. The van der Waals surface area contributed by atoms with Crippen molar-refractivity contribution in [1.82, 2.24) is 19.8 Å². The van der Waals surface area contributed by atoms with Gasteiger partial charge in [0, 0.05) is 41.9 Å². The van der Waals surface area contributed by atoms with Crippen LogP contribution < -0.4 is 10.6 Å². The highest BCUT2D eigenvalue weighted by atomic mass is 32.1. The van der Waals surface area contributed by atoms with Crippen LogP contribution in [0.5, 0.6) is 0 Å². The Morgan fingerprint density at radius 3 is 2.39 bits per heavy atom. The van der Waals surface area contributed by atoms with Gasteiger partial charge in [-0.15, -0.1) is 0 Å². The van der Waals surface area contributed by atoms with Gasteiger partial charge in [0.05, 0.1) is 17.8 Å². The van der Waals surface area contributed by atoms with Crippen molar-refractivity contribution in [2.45, 2.75) is 32.4 Å². The van der Waals surface area contributed by atoms with E-state index >= 15 is 0 Å². The largest absolute Gasteiger partial charge is 0.352 e. The van der Waals surface area contributed by atoms with Gasteiger partial charge in [-0.25, -0.2) is 0 Å². The number of thiocarbonyl (C=S) groups is 1. The molecular weight excluding hydrogens is 466 g/mol. The van der Waals surface area contributed by atoms with Crippen LogP contribution in [0, 0.1) is 13.8 Å². The van der Waals surface area contributed by atoms with Gasteiger partial charge in [0.1, 0.15) is 0 Å². The van der Waals surface area contributed by atoms with Gasteiger partial charge in [-0.1, -0.05) is 42.5 Å². The van der Waals surface area contributed by atoms with Crippen molar-refractivity contribution in [3.63, 3.8) is 0 Å². The van der Waals surface area contributed by atoms with Crippen LogP contribution in [0.15, 0.2) is 91.1 Å². The standard InChI is InChI=1S/C29H29N5OS/c1-20-19-24(21(2)34(20)23-13-7-4-8-14-23)28-27(25-15-9-10-17-30-25)32-29(36)33(28)18-16-26(35)31-22-11-5-3-6-12-22/h3-15,17,19,27-28H,16,18H2,1-2H3,(H,31,35)(H,32,36)/t27-,28+/m1/s1. The molecule has 0 unspecified atom stereocenters. The summed E-state index contributed by atoms with van der Waals surface area (Å²) in [5, 5.41) is 7.10. The van der Waals surface area contributed by atoms with E-state index in [9.17, 15) is 4.79 Å². The second-order valence-electron chi connectivity index (χ2n) is 8.98. The Labute approximate surface area is 217 Å². The number of carbonyl (C=O) groups is 1. The van der Waals surface area contributed by atoms with Crippen molar-refractivity contribution in [2.24, 2.45) is 0 Å². The molecule has 5 rings (SSSR count). The van der Waals surface area contributed by atoms with E-state index in [-0.39, 0.29) is 18.0 Å². The van der Waals surface area contributed by atoms with Crippen LogP contribution in [0.25, 0.3) is 5.69 Å². The number of rotatable bonds is 7. The number of anilines is 1. The Kier molecular flexibility index (Phi) is 6.82. The monoisotopic (exact) mass is 495 g/mol. The Hall–Kier alpha value is -3.97. The summed E-state index contributed by atoms with van der Waals surface area (Å²) in [7, 11) is 0. The number of pyridine rings is 1. The van der Waals surface area contributed by atoms with Gasteiger partial charge >= 0.3 is 0 Å². The van der Waals surface area contributed by atoms with Crippen LogP contribution >= 0.6 is 12.2 Å². The summed E-state index contributed by atoms with van der Waals surface area (Å²) in [5.74, 6) is -0.0428. The maximum Gasteiger partial charge on any atom is 0.226 e. The third-order valence-corrected chi connectivity index (χ3v) is 6.99. The summed E-state index contributed by atoms with van der Waals surface area (Å²) in [6.07, 6.45) is 2.12. The summed E-state index contributed by atoms with van der Waals surface area (Å²) >= 11 is 5.80. The molecule has 1 saturated heterocycles. The first kappa shape index (κ1) is 23.8. The van der Waals surface area contributed by atoms with E-state index in [0.29, 0.717) is 18.1 Å². The molecule has 7 heteroatoms. The molecule has 2 aromatic carbocycles.